The van der Waals surface area contributed by atoms with Crippen LogP contribution in [0.25, 0.3) is 0 Å². The van der Waals surface area contributed by atoms with Gasteiger partial charge in [0.05, 0.1) is 0 Å². The molecule has 0 amide bonds. The molecule has 0 saturated heterocycles. The fourth-order valence-electron chi connectivity index (χ4n) is 9.32. The Balaban J connectivity index is 1.59. The first-order valence-electron chi connectivity index (χ1n) is 13.4. The maximum absolute atomic E-state index is 12.8. The number of aliphatic carboxylic acids is 1. The fourth-order valence-corrected chi connectivity index (χ4v) is 9.32. The molecule has 0 aromatic heterocycles. The number of Topliss-reactive ketones (excluding diaryl/α,β-unsaturated/α-hetero) is 1. The van der Waals surface area contributed by atoms with Gasteiger partial charge in [0.15, 0.2) is 0 Å². The van der Waals surface area contributed by atoms with Crippen LogP contribution in [0.2, 0.25) is 0 Å². The largest absolute Gasteiger partial charge is 0.478 e. The minimum Gasteiger partial charge on any atom is -0.478 e. The molecule has 0 spiro atoms. The van der Waals surface area contributed by atoms with E-state index in [0.717, 1.165) is 32.1 Å². The maximum Gasteiger partial charge on any atom is 0.330 e. The Morgan fingerprint density at radius 1 is 1.15 bits per heavy atom. The van der Waals surface area contributed by atoms with Crippen molar-refractivity contribution in [2.24, 2.45) is 45.3 Å². The van der Waals surface area contributed by atoms with Gasteiger partial charge in [-0.2, -0.15) is 0 Å². The van der Waals surface area contributed by atoms with Crippen LogP contribution in [0.15, 0.2) is 23.3 Å². The average Bonchev–Trinajstić information content (AvgIpc) is 3.02. The summed E-state index contributed by atoms with van der Waals surface area (Å²) < 4.78 is 0. The van der Waals surface area contributed by atoms with Crippen molar-refractivity contribution in [2.75, 3.05) is 0 Å². The third-order valence-electron chi connectivity index (χ3n) is 11.7. The molecule has 4 aliphatic carbocycles. The third-order valence-corrected chi connectivity index (χ3v) is 11.7. The highest BCUT2D eigenvalue weighted by Crippen LogP contribution is 2.73. The number of hydrogen-bond donors (Lipinski definition) is 1. The van der Waals surface area contributed by atoms with Crippen LogP contribution in [0.3, 0.4) is 0 Å². The number of carboxylic acids is 1. The highest BCUT2D eigenvalue weighted by Gasteiger charge is 2.65. The van der Waals surface area contributed by atoms with E-state index >= 15 is 0 Å². The topological polar surface area (TPSA) is 54.4 Å². The highest BCUT2D eigenvalue weighted by molar-refractivity contribution is 5.86. The molecule has 3 fully saturated rings. The van der Waals surface area contributed by atoms with E-state index in [4.69, 9.17) is 5.11 Å². The van der Waals surface area contributed by atoms with Gasteiger partial charge in [0.1, 0.15) is 5.78 Å². The number of fused-ring (bicyclic) bond motifs is 5. The molecule has 0 bridgehead atoms. The van der Waals surface area contributed by atoms with Crippen LogP contribution in [-0.2, 0) is 9.59 Å². The molecule has 3 heteroatoms. The minimum absolute atomic E-state index is 0.203. The van der Waals surface area contributed by atoms with Crippen molar-refractivity contribution in [1.82, 2.24) is 0 Å². The van der Waals surface area contributed by atoms with Crippen LogP contribution in [0.1, 0.15) is 106 Å². The Morgan fingerprint density at radius 2 is 1.85 bits per heavy atom. The zero-order chi connectivity index (χ0) is 24.4. The van der Waals surface area contributed by atoms with Crippen LogP contribution >= 0.6 is 0 Å². The van der Waals surface area contributed by atoms with Crippen LogP contribution < -0.4 is 0 Å². The summed E-state index contributed by atoms with van der Waals surface area (Å²) in [6.07, 6.45) is 14.4. The van der Waals surface area contributed by atoms with Crippen molar-refractivity contribution >= 4 is 11.8 Å². The quantitative estimate of drug-likeness (QED) is 0.343. The summed E-state index contributed by atoms with van der Waals surface area (Å²) in [5, 5.41) is 9.16. The van der Waals surface area contributed by atoms with E-state index in [1.54, 1.807) is 12.5 Å². The zero-order valence-corrected chi connectivity index (χ0v) is 22.1. The van der Waals surface area contributed by atoms with Crippen molar-refractivity contribution in [2.45, 2.75) is 106 Å². The smallest absolute Gasteiger partial charge is 0.330 e. The van der Waals surface area contributed by atoms with Gasteiger partial charge in [-0.3, -0.25) is 4.79 Å². The van der Waals surface area contributed by atoms with Gasteiger partial charge in [-0.25, -0.2) is 4.79 Å². The summed E-state index contributed by atoms with van der Waals surface area (Å²) in [6, 6.07) is 0. The van der Waals surface area contributed by atoms with Crippen molar-refractivity contribution in [1.29, 1.82) is 0 Å². The van der Waals surface area contributed by atoms with Gasteiger partial charge < -0.3 is 5.11 Å². The second kappa shape index (κ2) is 8.09. The van der Waals surface area contributed by atoms with Gasteiger partial charge in [-0.15, -0.1) is 0 Å². The Hall–Kier alpha value is -1.38. The Bertz CT molecular complexity index is 894. The van der Waals surface area contributed by atoms with Gasteiger partial charge in [0, 0.05) is 17.4 Å². The molecule has 0 aliphatic heterocycles. The van der Waals surface area contributed by atoms with E-state index in [9.17, 15) is 9.59 Å². The first-order valence-corrected chi connectivity index (χ1v) is 13.4. The molecule has 7 atom stereocenters. The Morgan fingerprint density at radius 3 is 2.52 bits per heavy atom. The predicted molar refractivity (Wildman–Crippen MR) is 134 cm³/mol. The predicted octanol–water partition coefficient (Wildman–Crippen LogP) is 7.61. The Kier molecular flexibility index (Phi) is 6.07. The summed E-state index contributed by atoms with van der Waals surface area (Å²) in [5.41, 5.74) is 2.80. The molecule has 33 heavy (non-hydrogen) atoms. The van der Waals surface area contributed by atoms with Crippen molar-refractivity contribution in [3.8, 4) is 0 Å². The number of allylic oxidation sites excluding steroid dienone is 3. The van der Waals surface area contributed by atoms with Gasteiger partial charge in [-0.05, 0) is 98.2 Å². The minimum atomic E-state index is -0.801. The summed E-state index contributed by atoms with van der Waals surface area (Å²) >= 11 is 0. The average molecular weight is 455 g/mol. The normalized spacial score (nSPS) is 43.2. The number of carbonyl (C=O) groups excluding carboxylic acids is 1. The summed E-state index contributed by atoms with van der Waals surface area (Å²) in [5.74, 6) is 2.05. The van der Waals surface area contributed by atoms with E-state index in [1.165, 1.54) is 25.7 Å². The van der Waals surface area contributed by atoms with E-state index in [2.05, 4.69) is 47.6 Å². The molecule has 0 heterocycles. The van der Waals surface area contributed by atoms with Gasteiger partial charge >= 0.3 is 5.97 Å². The summed E-state index contributed by atoms with van der Waals surface area (Å²) in [6.45, 7) is 16.2. The Labute approximate surface area is 201 Å². The molecule has 0 radical (unpaired) electrons. The SMILES string of the molecule is C/C(=C/CC[C@H](C)[C@@H]1CC[C@]2(C)C3=CCC4C(C)(C)C(=O)CC[C@]4(C)C3CC[C@@]12C)C(=O)O. The lowest BCUT2D eigenvalue weighted by Crippen LogP contribution is -2.57. The number of carbonyl (C=O) groups is 2. The lowest BCUT2D eigenvalue weighted by atomic mass is 9.41. The van der Waals surface area contributed by atoms with E-state index in [-0.39, 0.29) is 16.2 Å². The molecule has 0 aromatic rings. The number of carboxylic acid groups (broad SMARTS) is 1. The second-order valence-electron chi connectivity index (χ2n) is 13.3. The first-order chi connectivity index (χ1) is 15.3. The van der Waals surface area contributed by atoms with Crippen molar-refractivity contribution < 1.29 is 14.7 Å². The lowest BCUT2D eigenvalue weighted by molar-refractivity contribution is -0.146. The van der Waals surface area contributed by atoms with Crippen LogP contribution in [0.4, 0.5) is 0 Å². The molecule has 0 aromatic carbocycles. The second-order valence-corrected chi connectivity index (χ2v) is 13.3. The fraction of sp³-hybridized carbons (Fsp3) is 0.800. The molecule has 2 unspecified atom stereocenters. The van der Waals surface area contributed by atoms with E-state index in [1.807, 2.05) is 6.08 Å². The highest BCUT2D eigenvalue weighted by atomic mass is 16.4. The van der Waals surface area contributed by atoms with Crippen LogP contribution in [0, 0.1) is 45.3 Å². The van der Waals surface area contributed by atoms with Gasteiger partial charge in [0.2, 0.25) is 0 Å². The maximum atomic E-state index is 12.8. The molecule has 184 valence electrons. The van der Waals surface area contributed by atoms with E-state index in [0.29, 0.717) is 40.4 Å². The van der Waals surface area contributed by atoms with Crippen molar-refractivity contribution in [3.05, 3.63) is 23.3 Å². The molecule has 3 nitrogen and oxygen atoms in total. The molecule has 4 rings (SSSR count). The van der Waals surface area contributed by atoms with Crippen LogP contribution in [0.5, 0.6) is 0 Å². The monoisotopic (exact) mass is 454 g/mol. The lowest BCUT2D eigenvalue weighted by Gasteiger charge is -2.63. The molecule has 4 aliphatic rings. The van der Waals surface area contributed by atoms with E-state index < -0.39 is 5.97 Å². The number of hydrogen-bond acceptors (Lipinski definition) is 2. The van der Waals surface area contributed by atoms with Crippen LogP contribution in [-0.4, -0.2) is 16.9 Å². The summed E-state index contributed by atoms with van der Waals surface area (Å²) in [7, 11) is 0. The molecule has 3 saturated carbocycles. The van der Waals surface area contributed by atoms with Gasteiger partial charge in [-0.1, -0.05) is 59.3 Å². The molecule has 1 N–H and O–H groups in total. The van der Waals surface area contributed by atoms with Crippen molar-refractivity contribution in [3.63, 3.8) is 0 Å². The third kappa shape index (κ3) is 3.50. The number of ketones is 1. The first kappa shape index (κ1) is 24.7. The molecular weight excluding hydrogens is 408 g/mol. The van der Waals surface area contributed by atoms with Gasteiger partial charge in [0.25, 0.3) is 0 Å². The summed E-state index contributed by atoms with van der Waals surface area (Å²) in [4.78, 5) is 23.9. The molecular formula is C30H46O3. The standard InChI is InChI=1S/C30H46O3/c1-19(9-8-10-20(2)26(32)33)21-13-17-30(7)23-11-12-24-27(3,4)25(31)15-16-28(24,5)22(23)14-18-29(21,30)6/h10-11,19,21-22,24H,8-9,12-18H2,1-7H3,(H,32,33)/b20-10-/t19-,21-,22?,24?,28+,29-,30+/m0/s1. The number of rotatable bonds is 5. The zero-order valence-electron chi connectivity index (χ0n) is 22.1.